The van der Waals surface area contributed by atoms with Crippen molar-refractivity contribution in [2.45, 2.75) is 33.1 Å². The largest absolute Gasteiger partial charge is 0.338 e. The molecule has 0 spiro atoms. The van der Waals surface area contributed by atoms with Gasteiger partial charge in [-0.1, -0.05) is 12.1 Å². The van der Waals surface area contributed by atoms with Gasteiger partial charge in [0.05, 0.1) is 28.1 Å². The molecule has 1 saturated carbocycles. The number of hydrogen-bond donors (Lipinski definition) is 1. The van der Waals surface area contributed by atoms with Gasteiger partial charge in [-0.2, -0.15) is 0 Å². The lowest BCUT2D eigenvalue weighted by Crippen LogP contribution is -2.30. The van der Waals surface area contributed by atoms with E-state index in [-0.39, 0.29) is 46.6 Å². The highest BCUT2D eigenvalue weighted by Crippen LogP contribution is 2.43. The van der Waals surface area contributed by atoms with Gasteiger partial charge in [0.1, 0.15) is 5.69 Å². The maximum atomic E-state index is 12.9. The molecule has 146 valence electrons. The highest BCUT2D eigenvalue weighted by molar-refractivity contribution is 6.22. The Morgan fingerprint density at radius 3 is 2.64 bits per heavy atom. The Balaban J connectivity index is 1.67. The zero-order chi connectivity index (χ0) is 20.0. The van der Waals surface area contributed by atoms with E-state index < -0.39 is 4.92 Å². The maximum Gasteiger partial charge on any atom is 0.294 e. The monoisotopic (exact) mass is 384 g/mol. The van der Waals surface area contributed by atoms with Crippen molar-refractivity contribution < 1.29 is 19.0 Å². The molecule has 2 amide bonds. The number of amides is 2. The van der Waals surface area contributed by atoms with Crippen LogP contribution >= 0.6 is 0 Å². The number of fused-ring (bicyclic) bond motifs is 1. The first-order valence-electron chi connectivity index (χ1n) is 9.21. The first-order chi connectivity index (χ1) is 13.3. The third-order valence-electron chi connectivity index (χ3n) is 5.51. The standard InChI is InChI=1S/C19H20N4O5/c1-10-3-5-13-14(7-10)19(25)22(18(13)24)12-4-6-15(16(9-12)23(26)27)20-17-8-11(2)21-28-17/h4,6,8-10,13-14,20H,3,5,7H2,1-2H3/t10-,13+,14+/m0/s1. The number of anilines is 3. The average molecular weight is 384 g/mol. The second-order valence-corrected chi connectivity index (χ2v) is 7.56. The Labute approximate surface area is 160 Å². The fourth-order valence-electron chi connectivity index (χ4n) is 4.12. The molecule has 28 heavy (non-hydrogen) atoms. The number of imide groups is 1. The van der Waals surface area contributed by atoms with E-state index in [1.54, 1.807) is 13.0 Å². The zero-order valence-electron chi connectivity index (χ0n) is 15.5. The van der Waals surface area contributed by atoms with Crippen LogP contribution in [0, 0.1) is 34.8 Å². The Kier molecular flexibility index (Phi) is 4.37. The fraction of sp³-hybridized carbons (Fsp3) is 0.421. The molecule has 9 nitrogen and oxygen atoms in total. The number of carbonyl (C=O) groups excluding carboxylic acids is 2. The molecule has 1 aromatic heterocycles. The van der Waals surface area contributed by atoms with Crippen molar-refractivity contribution in [1.29, 1.82) is 0 Å². The Bertz CT molecular complexity index is 969. The summed E-state index contributed by atoms with van der Waals surface area (Å²) in [6, 6.07) is 5.87. The van der Waals surface area contributed by atoms with E-state index in [0.29, 0.717) is 24.5 Å². The van der Waals surface area contributed by atoms with Crippen molar-refractivity contribution >= 4 is 34.8 Å². The minimum Gasteiger partial charge on any atom is -0.338 e. The summed E-state index contributed by atoms with van der Waals surface area (Å²) in [6.07, 6.45) is 2.27. The molecule has 1 N–H and O–H groups in total. The second kappa shape index (κ2) is 6.74. The highest BCUT2D eigenvalue weighted by atomic mass is 16.6. The zero-order valence-corrected chi connectivity index (χ0v) is 15.5. The SMILES string of the molecule is Cc1cc(Nc2ccc(N3C(=O)[C@@H]4CC[C@H](C)C[C@H]4C3=O)cc2[N+](=O)[O-])on1. The quantitative estimate of drug-likeness (QED) is 0.486. The minimum atomic E-state index is -0.560. The summed E-state index contributed by atoms with van der Waals surface area (Å²) in [5.41, 5.74) is 0.792. The smallest absolute Gasteiger partial charge is 0.294 e. The number of hydrogen-bond acceptors (Lipinski definition) is 7. The number of nitro groups is 1. The van der Waals surface area contributed by atoms with Gasteiger partial charge in [0.25, 0.3) is 5.69 Å². The van der Waals surface area contributed by atoms with Crippen LogP contribution in [0.1, 0.15) is 31.9 Å². The van der Waals surface area contributed by atoms with Gasteiger partial charge in [0, 0.05) is 12.1 Å². The molecule has 2 aliphatic rings. The third kappa shape index (κ3) is 3.02. The summed E-state index contributed by atoms with van der Waals surface area (Å²) >= 11 is 0. The Morgan fingerprint density at radius 2 is 1.96 bits per heavy atom. The van der Waals surface area contributed by atoms with Crippen LogP contribution in [0.3, 0.4) is 0 Å². The van der Waals surface area contributed by atoms with E-state index in [1.807, 2.05) is 0 Å². The van der Waals surface area contributed by atoms with Crippen LogP contribution in [0.2, 0.25) is 0 Å². The number of nitrogens with zero attached hydrogens (tertiary/aromatic N) is 3. The van der Waals surface area contributed by atoms with E-state index in [1.165, 1.54) is 18.2 Å². The van der Waals surface area contributed by atoms with Crippen LogP contribution in [-0.4, -0.2) is 21.9 Å². The van der Waals surface area contributed by atoms with E-state index in [4.69, 9.17) is 4.52 Å². The number of rotatable bonds is 4. The topological polar surface area (TPSA) is 119 Å². The van der Waals surface area contributed by atoms with Crippen LogP contribution in [0.5, 0.6) is 0 Å². The van der Waals surface area contributed by atoms with Crippen LogP contribution in [0.4, 0.5) is 22.9 Å². The predicted octanol–water partition coefficient (Wildman–Crippen LogP) is 3.56. The molecule has 1 aromatic carbocycles. The van der Waals surface area contributed by atoms with E-state index in [2.05, 4.69) is 17.4 Å². The molecule has 1 aliphatic carbocycles. The summed E-state index contributed by atoms with van der Waals surface area (Å²) in [5.74, 6) is -0.515. The minimum absolute atomic E-state index is 0.190. The van der Waals surface area contributed by atoms with Gasteiger partial charge in [-0.3, -0.25) is 19.7 Å². The lowest BCUT2D eigenvalue weighted by atomic mass is 9.76. The normalized spacial score (nSPS) is 24.4. The molecular weight excluding hydrogens is 364 g/mol. The van der Waals surface area contributed by atoms with E-state index >= 15 is 0 Å². The number of nitrogens with one attached hydrogen (secondary N) is 1. The third-order valence-corrected chi connectivity index (χ3v) is 5.51. The number of carbonyl (C=O) groups is 2. The van der Waals surface area contributed by atoms with Gasteiger partial charge in [-0.15, -0.1) is 0 Å². The number of benzene rings is 1. The van der Waals surface area contributed by atoms with Crippen LogP contribution < -0.4 is 10.2 Å². The summed E-state index contributed by atoms with van der Waals surface area (Å²) in [6.45, 7) is 3.81. The summed E-state index contributed by atoms with van der Waals surface area (Å²) in [5, 5.41) is 18.1. The van der Waals surface area contributed by atoms with Crippen molar-refractivity contribution in [1.82, 2.24) is 5.16 Å². The maximum absolute atomic E-state index is 12.9. The molecule has 2 aromatic rings. The molecule has 0 unspecified atom stereocenters. The summed E-state index contributed by atoms with van der Waals surface area (Å²) in [7, 11) is 0. The van der Waals surface area contributed by atoms with Gasteiger partial charge in [-0.05, 0) is 44.2 Å². The van der Waals surface area contributed by atoms with Crippen LogP contribution in [0.15, 0.2) is 28.8 Å². The van der Waals surface area contributed by atoms with Gasteiger partial charge >= 0.3 is 0 Å². The van der Waals surface area contributed by atoms with Crippen molar-refractivity contribution in [2.75, 3.05) is 10.2 Å². The molecule has 4 rings (SSSR count). The first kappa shape index (κ1) is 18.1. The molecule has 2 fully saturated rings. The molecular formula is C19H20N4O5. The van der Waals surface area contributed by atoms with Crippen molar-refractivity contribution in [3.63, 3.8) is 0 Å². The number of nitro benzene ring substituents is 1. The van der Waals surface area contributed by atoms with E-state index in [0.717, 1.165) is 11.3 Å². The Hall–Kier alpha value is -3.23. The van der Waals surface area contributed by atoms with Crippen molar-refractivity contribution in [3.8, 4) is 0 Å². The van der Waals surface area contributed by atoms with Crippen molar-refractivity contribution in [2.24, 2.45) is 17.8 Å². The van der Waals surface area contributed by atoms with Crippen molar-refractivity contribution in [3.05, 3.63) is 40.1 Å². The van der Waals surface area contributed by atoms with Gasteiger partial charge in [-0.25, -0.2) is 4.90 Å². The lowest BCUT2D eigenvalue weighted by Gasteiger charge is -2.25. The van der Waals surface area contributed by atoms with Crippen LogP contribution in [0.25, 0.3) is 0 Å². The molecule has 3 atom stereocenters. The summed E-state index contributed by atoms with van der Waals surface area (Å²) in [4.78, 5) is 37.8. The molecule has 9 heteroatoms. The van der Waals surface area contributed by atoms with Gasteiger partial charge in [0.15, 0.2) is 0 Å². The number of aromatic nitrogens is 1. The highest BCUT2D eigenvalue weighted by Gasteiger charge is 2.50. The Morgan fingerprint density at radius 1 is 1.21 bits per heavy atom. The molecule has 0 bridgehead atoms. The van der Waals surface area contributed by atoms with E-state index in [9.17, 15) is 19.7 Å². The lowest BCUT2D eigenvalue weighted by molar-refractivity contribution is -0.383. The fourth-order valence-corrected chi connectivity index (χ4v) is 4.12. The molecule has 2 heterocycles. The average Bonchev–Trinajstić information content (AvgIpc) is 3.16. The van der Waals surface area contributed by atoms with Gasteiger partial charge in [0.2, 0.25) is 17.7 Å². The molecule has 1 aliphatic heterocycles. The van der Waals surface area contributed by atoms with Crippen LogP contribution in [-0.2, 0) is 9.59 Å². The molecule has 0 radical (unpaired) electrons. The number of aryl methyl sites for hydroxylation is 1. The first-order valence-corrected chi connectivity index (χ1v) is 9.21. The predicted molar refractivity (Wildman–Crippen MR) is 100 cm³/mol. The van der Waals surface area contributed by atoms with Gasteiger partial charge < -0.3 is 9.84 Å². The second-order valence-electron chi connectivity index (χ2n) is 7.56. The summed E-state index contributed by atoms with van der Waals surface area (Å²) < 4.78 is 5.04. The molecule has 1 saturated heterocycles.